The van der Waals surface area contributed by atoms with Crippen LogP contribution >= 0.6 is 15.9 Å². The highest BCUT2D eigenvalue weighted by Gasteiger charge is 2.19. The van der Waals surface area contributed by atoms with E-state index in [0.717, 1.165) is 29.8 Å². The van der Waals surface area contributed by atoms with Crippen molar-refractivity contribution >= 4 is 21.6 Å². The van der Waals surface area contributed by atoms with Gasteiger partial charge in [-0.3, -0.25) is 10.1 Å². The van der Waals surface area contributed by atoms with E-state index < -0.39 is 0 Å². The summed E-state index contributed by atoms with van der Waals surface area (Å²) in [5, 5.41) is 16.3. The average molecular weight is 338 g/mol. The van der Waals surface area contributed by atoms with Gasteiger partial charge in [-0.1, -0.05) is 35.8 Å². The van der Waals surface area contributed by atoms with Gasteiger partial charge in [0.1, 0.15) is 5.69 Å². The van der Waals surface area contributed by atoms with Crippen LogP contribution in [0.1, 0.15) is 30.8 Å². The first-order valence-corrected chi connectivity index (χ1v) is 7.64. The minimum absolute atomic E-state index is 0.0856. The molecule has 1 heterocycles. The number of aromatic nitrogens is 2. The van der Waals surface area contributed by atoms with Crippen molar-refractivity contribution in [2.24, 2.45) is 0 Å². The maximum absolute atomic E-state index is 11.3. The van der Waals surface area contributed by atoms with E-state index in [2.05, 4.69) is 21.0 Å². The van der Waals surface area contributed by atoms with Crippen molar-refractivity contribution in [3.05, 3.63) is 51.3 Å². The van der Waals surface area contributed by atoms with Crippen LogP contribution < -0.4 is 0 Å². The standard InChI is InChI=1S/C14H16BrN3O2/c1-3-11-8-12(4-2)17(16-11)13-6-5-10(9-15)7-14(13)18(19)20/h5-8H,3-4,9H2,1-2H3. The Balaban J connectivity index is 2.62. The Morgan fingerprint density at radius 3 is 2.60 bits per heavy atom. The molecular weight excluding hydrogens is 322 g/mol. The van der Waals surface area contributed by atoms with Crippen LogP contribution in [0.15, 0.2) is 24.3 Å². The number of nitrogens with zero attached hydrogens (tertiary/aromatic N) is 3. The van der Waals surface area contributed by atoms with Crippen LogP contribution in [0.25, 0.3) is 5.69 Å². The minimum Gasteiger partial charge on any atom is -0.258 e. The molecule has 0 atom stereocenters. The number of nitro groups is 1. The SMILES string of the molecule is CCc1cc(CC)n(-c2ccc(CBr)cc2[N+](=O)[O-])n1. The van der Waals surface area contributed by atoms with Crippen molar-refractivity contribution in [1.82, 2.24) is 9.78 Å². The minimum atomic E-state index is -0.353. The normalized spacial score (nSPS) is 10.8. The van der Waals surface area contributed by atoms with Gasteiger partial charge in [-0.25, -0.2) is 4.68 Å². The summed E-state index contributed by atoms with van der Waals surface area (Å²) in [7, 11) is 0. The molecule has 0 N–H and O–H groups in total. The van der Waals surface area contributed by atoms with E-state index >= 15 is 0 Å². The van der Waals surface area contributed by atoms with Crippen LogP contribution in [0.4, 0.5) is 5.69 Å². The van der Waals surface area contributed by atoms with Gasteiger partial charge in [0, 0.05) is 17.1 Å². The highest BCUT2D eigenvalue weighted by atomic mass is 79.9. The molecule has 2 aromatic rings. The van der Waals surface area contributed by atoms with Crippen molar-refractivity contribution in [3.8, 4) is 5.69 Å². The van der Waals surface area contributed by atoms with E-state index in [9.17, 15) is 10.1 Å². The van der Waals surface area contributed by atoms with Crippen LogP contribution in [-0.4, -0.2) is 14.7 Å². The van der Waals surface area contributed by atoms with Crippen molar-refractivity contribution < 1.29 is 4.92 Å². The summed E-state index contributed by atoms with van der Waals surface area (Å²) in [5.74, 6) is 0. The van der Waals surface area contributed by atoms with Crippen LogP contribution in [0.5, 0.6) is 0 Å². The molecule has 6 heteroatoms. The first-order valence-electron chi connectivity index (χ1n) is 6.52. The van der Waals surface area contributed by atoms with E-state index in [1.54, 1.807) is 16.8 Å². The monoisotopic (exact) mass is 337 g/mol. The lowest BCUT2D eigenvalue weighted by Gasteiger charge is -2.07. The molecule has 1 aromatic carbocycles. The largest absolute Gasteiger partial charge is 0.295 e. The Morgan fingerprint density at radius 2 is 2.05 bits per heavy atom. The summed E-state index contributed by atoms with van der Waals surface area (Å²) >= 11 is 3.32. The number of halogens is 1. The first kappa shape index (κ1) is 14.7. The molecule has 20 heavy (non-hydrogen) atoms. The molecule has 0 saturated heterocycles. The molecule has 0 bridgehead atoms. The third kappa shape index (κ3) is 2.75. The third-order valence-electron chi connectivity index (χ3n) is 3.18. The van der Waals surface area contributed by atoms with Gasteiger partial charge < -0.3 is 0 Å². The fraction of sp³-hybridized carbons (Fsp3) is 0.357. The summed E-state index contributed by atoms with van der Waals surface area (Å²) < 4.78 is 1.69. The number of rotatable bonds is 5. The fourth-order valence-corrected chi connectivity index (χ4v) is 2.43. The van der Waals surface area contributed by atoms with Crippen molar-refractivity contribution in [3.63, 3.8) is 0 Å². The molecule has 0 aliphatic heterocycles. The number of hydrogen-bond donors (Lipinski definition) is 0. The van der Waals surface area contributed by atoms with Gasteiger partial charge in [-0.2, -0.15) is 5.10 Å². The molecule has 5 nitrogen and oxygen atoms in total. The van der Waals surface area contributed by atoms with E-state index in [1.165, 1.54) is 0 Å². The maximum atomic E-state index is 11.3. The predicted molar refractivity (Wildman–Crippen MR) is 81.6 cm³/mol. The molecule has 1 aromatic heterocycles. The molecule has 0 spiro atoms. The molecule has 0 fully saturated rings. The predicted octanol–water partition coefficient (Wildman–Crippen LogP) is 3.80. The summed E-state index contributed by atoms with van der Waals surface area (Å²) in [4.78, 5) is 10.9. The van der Waals surface area contributed by atoms with Crippen LogP contribution in [0.3, 0.4) is 0 Å². The fourth-order valence-electron chi connectivity index (χ4n) is 2.09. The lowest BCUT2D eigenvalue weighted by Crippen LogP contribution is -2.05. The Bertz CT molecular complexity index is 637. The highest BCUT2D eigenvalue weighted by molar-refractivity contribution is 9.08. The Morgan fingerprint density at radius 1 is 1.30 bits per heavy atom. The molecular formula is C14H16BrN3O2. The maximum Gasteiger partial charge on any atom is 0.295 e. The van der Waals surface area contributed by atoms with Crippen LogP contribution in [-0.2, 0) is 18.2 Å². The van der Waals surface area contributed by atoms with Crippen molar-refractivity contribution in [1.29, 1.82) is 0 Å². The number of benzene rings is 1. The van der Waals surface area contributed by atoms with E-state index in [4.69, 9.17) is 0 Å². The molecule has 0 aliphatic carbocycles. The lowest BCUT2D eigenvalue weighted by molar-refractivity contribution is -0.384. The molecule has 0 radical (unpaired) electrons. The van der Waals surface area contributed by atoms with E-state index in [0.29, 0.717) is 11.0 Å². The zero-order chi connectivity index (χ0) is 14.7. The molecule has 0 saturated carbocycles. The quantitative estimate of drug-likeness (QED) is 0.473. The molecule has 0 aliphatic rings. The summed E-state index contributed by atoms with van der Waals surface area (Å²) in [6.45, 7) is 4.04. The van der Waals surface area contributed by atoms with Gasteiger partial charge in [0.05, 0.1) is 10.6 Å². The number of aryl methyl sites for hydroxylation is 2. The van der Waals surface area contributed by atoms with E-state index in [1.807, 2.05) is 26.0 Å². The Kier molecular flexibility index (Phi) is 4.54. The summed E-state index contributed by atoms with van der Waals surface area (Å²) in [6, 6.07) is 7.24. The second-order valence-electron chi connectivity index (χ2n) is 4.46. The average Bonchev–Trinajstić information content (AvgIpc) is 2.89. The second-order valence-corrected chi connectivity index (χ2v) is 5.02. The van der Waals surface area contributed by atoms with Gasteiger partial charge in [0.15, 0.2) is 0 Å². The van der Waals surface area contributed by atoms with Crippen LogP contribution in [0, 0.1) is 10.1 Å². The van der Waals surface area contributed by atoms with Crippen LogP contribution in [0.2, 0.25) is 0 Å². The number of nitro benzene ring substituents is 1. The zero-order valence-electron chi connectivity index (χ0n) is 11.5. The third-order valence-corrected chi connectivity index (χ3v) is 3.82. The van der Waals surface area contributed by atoms with Gasteiger partial charge in [0.25, 0.3) is 5.69 Å². The Labute approximate surface area is 125 Å². The number of alkyl halides is 1. The van der Waals surface area contributed by atoms with Gasteiger partial charge >= 0.3 is 0 Å². The highest BCUT2D eigenvalue weighted by Crippen LogP contribution is 2.26. The number of hydrogen-bond acceptors (Lipinski definition) is 3. The Hall–Kier alpha value is -1.69. The summed E-state index contributed by atoms with van der Waals surface area (Å²) in [6.07, 6.45) is 1.59. The topological polar surface area (TPSA) is 61.0 Å². The van der Waals surface area contributed by atoms with Gasteiger partial charge in [0.2, 0.25) is 0 Å². The molecule has 2 rings (SSSR count). The second kappa shape index (κ2) is 6.17. The first-order chi connectivity index (χ1) is 9.60. The molecule has 0 unspecified atom stereocenters. The lowest BCUT2D eigenvalue weighted by atomic mass is 10.2. The van der Waals surface area contributed by atoms with E-state index in [-0.39, 0.29) is 10.6 Å². The van der Waals surface area contributed by atoms with Crippen molar-refractivity contribution in [2.45, 2.75) is 32.0 Å². The van der Waals surface area contributed by atoms with Crippen molar-refractivity contribution in [2.75, 3.05) is 0 Å². The zero-order valence-corrected chi connectivity index (χ0v) is 13.1. The molecule has 0 amide bonds. The summed E-state index contributed by atoms with van der Waals surface area (Å²) in [5.41, 5.74) is 3.41. The van der Waals surface area contributed by atoms with Gasteiger partial charge in [-0.15, -0.1) is 0 Å². The molecule has 106 valence electrons. The smallest absolute Gasteiger partial charge is 0.258 e. The van der Waals surface area contributed by atoms with Gasteiger partial charge in [-0.05, 0) is 30.5 Å².